The van der Waals surface area contributed by atoms with E-state index in [1.807, 2.05) is 21.7 Å². The molecule has 6 nitrogen and oxygen atoms in total. The van der Waals surface area contributed by atoms with Gasteiger partial charge in [0.25, 0.3) is 0 Å². The van der Waals surface area contributed by atoms with E-state index < -0.39 is 0 Å². The Labute approximate surface area is 165 Å². The molecule has 1 amide bonds. The van der Waals surface area contributed by atoms with Crippen LogP contribution in [0, 0.1) is 0 Å². The van der Waals surface area contributed by atoms with Gasteiger partial charge in [-0.1, -0.05) is 18.5 Å². The fourth-order valence-electron chi connectivity index (χ4n) is 3.49. The molecule has 1 atom stereocenters. The largest absolute Gasteiger partial charge is 0.486 e. The highest BCUT2D eigenvalue weighted by atomic mass is 35.5. The molecule has 1 aliphatic heterocycles. The highest BCUT2D eigenvalue weighted by Gasteiger charge is 2.24. The van der Waals surface area contributed by atoms with E-state index in [4.69, 9.17) is 21.3 Å². The molecule has 1 aliphatic rings. The van der Waals surface area contributed by atoms with Crippen LogP contribution in [0.1, 0.15) is 57.1 Å². The second-order valence-electron chi connectivity index (χ2n) is 6.99. The predicted molar refractivity (Wildman–Crippen MR) is 105 cm³/mol. The molecule has 3 rings (SSSR count). The number of nitrogens with zero attached hydrogens (tertiary/aromatic N) is 4. The minimum Gasteiger partial charge on any atom is -0.486 e. The fraction of sp³-hybridized carbons (Fsp3) is 0.550. The van der Waals surface area contributed by atoms with Gasteiger partial charge in [0.05, 0.1) is 0 Å². The van der Waals surface area contributed by atoms with Gasteiger partial charge >= 0.3 is 0 Å². The van der Waals surface area contributed by atoms with E-state index in [1.54, 1.807) is 19.1 Å². The summed E-state index contributed by atoms with van der Waals surface area (Å²) in [6.07, 6.45) is 3.96. The number of hydrogen-bond acceptors (Lipinski definition) is 4. The Morgan fingerprint density at radius 2 is 2.04 bits per heavy atom. The summed E-state index contributed by atoms with van der Waals surface area (Å²) >= 11 is 5.91. The number of aryl methyl sites for hydroxylation is 1. The maximum Gasteiger partial charge on any atom is 0.219 e. The Hall–Kier alpha value is -2.08. The van der Waals surface area contributed by atoms with E-state index in [1.165, 1.54) is 0 Å². The molecule has 1 aromatic heterocycles. The third-order valence-corrected chi connectivity index (χ3v) is 5.15. The zero-order valence-corrected chi connectivity index (χ0v) is 16.8. The zero-order valence-electron chi connectivity index (χ0n) is 16.0. The summed E-state index contributed by atoms with van der Waals surface area (Å²) in [4.78, 5) is 18.4. The molecule has 0 saturated carbocycles. The maximum atomic E-state index is 11.7. The summed E-state index contributed by atoms with van der Waals surface area (Å²) in [5.74, 6) is 2.96. The van der Waals surface area contributed by atoms with E-state index >= 15 is 0 Å². The van der Waals surface area contributed by atoms with Crippen molar-refractivity contribution in [1.82, 2.24) is 19.7 Å². The SMILES string of the molecule is CCCn1nc(COc2ccc(Cl)cc2)nc1C1CCCN(C(C)=O)CC1. The van der Waals surface area contributed by atoms with Gasteiger partial charge in [-0.15, -0.1) is 0 Å². The Morgan fingerprint density at radius 3 is 2.74 bits per heavy atom. The second-order valence-corrected chi connectivity index (χ2v) is 7.42. The molecule has 0 aliphatic carbocycles. The molecule has 0 bridgehead atoms. The first-order valence-electron chi connectivity index (χ1n) is 9.64. The summed E-state index contributed by atoms with van der Waals surface area (Å²) in [5.41, 5.74) is 0. The molecule has 1 unspecified atom stereocenters. The first-order valence-corrected chi connectivity index (χ1v) is 10.0. The van der Waals surface area contributed by atoms with Crippen LogP contribution in [0.2, 0.25) is 5.02 Å². The highest BCUT2D eigenvalue weighted by Crippen LogP contribution is 2.27. The van der Waals surface area contributed by atoms with Crippen LogP contribution >= 0.6 is 11.6 Å². The second kappa shape index (κ2) is 9.22. The lowest BCUT2D eigenvalue weighted by Gasteiger charge is -2.18. The van der Waals surface area contributed by atoms with Crippen LogP contribution in [0.15, 0.2) is 24.3 Å². The van der Waals surface area contributed by atoms with E-state index in [9.17, 15) is 4.79 Å². The number of halogens is 1. The van der Waals surface area contributed by atoms with Gasteiger partial charge in [0.2, 0.25) is 5.91 Å². The van der Waals surface area contributed by atoms with Gasteiger partial charge in [0.15, 0.2) is 5.82 Å². The van der Waals surface area contributed by atoms with E-state index in [-0.39, 0.29) is 5.91 Å². The lowest BCUT2D eigenvalue weighted by Crippen LogP contribution is -2.29. The summed E-state index contributed by atoms with van der Waals surface area (Å²) < 4.78 is 7.83. The Morgan fingerprint density at radius 1 is 1.26 bits per heavy atom. The van der Waals surface area contributed by atoms with Gasteiger partial charge in [0, 0.05) is 37.5 Å². The third kappa shape index (κ3) is 5.22. The monoisotopic (exact) mass is 390 g/mol. The van der Waals surface area contributed by atoms with Gasteiger partial charge in [-0.05, 0) is 49.9 Å². The number of hydrogen-bond donors (Lipinski definition) is 0. The average Bonchev–Trinajstić information content (AvgIpc) is 2.88. The molecule has 146 valence electrons. The average molecular weight is 391 g/mol. The first kappa shape index (κ1) is 19.7. The molecule has 1 aromatic carbocycles. The summed E-state index contributed by atoms with van der Waals surface area (Å²) in [6.45, 7) is 6.58. The molecule has 0 N–H and O–H groups in total. The number of amides is 1. The van der Waals surface area contributed by atoms with Crippen LogP contribution in [0.4, 0.5) is 0 Å². The lowest BCUT2D eigenvalue weighted by molar-refractivity contribution is -0.128. The normalized spacial score (nSPS) is 17.6. The molecule has 27 heavy (non-hydrogen) atoms. The molecule has 2 heterocycles. The number of ether oxygens (including phenoxy) is 1. The first-order chi connectivity index (χ1) is 13.1. The number of likely N-dealkylation sites (tertiary alicyclic amines) is 1. The minimum atomic E-state index is 0.155. The van der Waals surface area contributed by atoms with Crippen molar-refractivity contribution in [3.63, 3.8) is 0 Å². The molecule has 1 fully saturated rings. The van der Waals surface area contributed by atoms with Crippen LogP contribution in [-0.4, -0.2) is 38.7 Å². The Bertz CT molecular complexity index is 760. The summed E-state index contributed by atoms with van der Waals surface area (Å²) in [7, 11) is 0. The van der Waals surface area contributed by atoms with Crippen molar-refractivity contribution < 1.29 is 9.53 Å². The smallest absolute Gasteiger partial charge is 0.219 e. The zero-order chi connectivity index (χ0) is 19.2. The van der Waals surface area contributed by atoms with Crippen molar-refractivity contribution >= 4 is 17.5 Å². The van der Waals surface area contributed by atoms with E-state index in [0.717, 1.165) is 56.9 Å². The number of rotatable bonds is 6. The summed E-state index contributed by atoms with van der Waals surface area (Å²) in [6, 6.07) is 7.29. The van der Waals surface area contributed by atoms with Crippen molar-refractivity contribution in [2.45, 2.75) is 58.6 Å². The molecular weight excluding hydrogens is 364 g/mol. The van der Waals surface area contributed by atoms with Gasteiger partial charge in [-0.25, -0.2) is 9.67 Å². The molecule has 1 saturated heterocycles. The van der Waals surface area contributed by atoms with Gasteiger partial charge in [0.1, 0.15) is 18.2 Å². The summed E-state index contributed by atoms with van der Waals surface area (Å²) in [5, 5.41) is 5.35. The maximum absolute atomic E-state index is 11.7. The van der Waals surface area contributed by atoms with Crippen molar-refractivity contribution in [2.24, 2.45) is 0 Å². The van der Waals surface area contributed by atoms with Gasteiger partial charge in [-0.2, -0.15) is 5.10 Å². The molecular formula is C20H27ClN4O2. The van der Waals surface area contributed by atoms with Crippen LogP contribution < -0.4 is 4.74 Å². The topological polar surface area (TPSA) is 60.2 Å². The van der Waals surface area contributed by atoms with Crippen molar-refractivity contribution in [2.75, 3.05) is 13.1 Å². The minimum absolute atomic E-state index is 0.155. The number of carbonyl (C=O) groups excluding carboxylic acids is 1. The van der Waals surface area contributed by atoms with Crippen LogP contribution in [0.3, 0.4) is 0 Å². The molecule has 2 aromatic rings. The fourth-order valence-corrected chi connectivity index (χ4v) is 3.62. The lowest BCUT2D eigenvalue weighted by atomic mass is 10.00. The third-order valence-electron chi connectivity index (χ3n) is 4.90. The number of aromatic nitrogens is 3. The van der Waals surface area contributed by atoms with Crippen molar-refractivity contribution in [3.05, 3.63) is 40.9 Å². The van der Waals surface area contributed by atoms with Gasteiger partial charge < -0.3 is 9.64 Å². The number of benzene rings is 1. The Balaban J connectivity index is 1.70. The van der Waals surface area contributed by atoms with Gasteiger partial charge in [-0.3, -0.25) is 4.79 Å². The number of carbonyl (C=O) groups is 1. The van der Waals surface area contributed by atoms with E-state index in [0.29, 0.717) is 23.4 Å². The van der Waals surface area contributed by atoms with Crippen LogP contribution in [0.25, 0.3) is 0 Å². The molecule has 7 heteroatoms. The van der Waals surface area contributed by atoms with Crippen LogP contribution in [-0.2, 0) is 17.9 Å². The standard InChI is InChI=1S/C20H27ClN4O2/c1-3-11-25-20(16-5-4-12-24(13-10-16)15(2)26)22-19(23-25)14-27-18-8-6-17(21)7-9-18/h6-9,16H,3-5,10-14H2,1-2H3. The van der Waals surface area contributed by atoms with Crippen molar-refractivity contribution in [3.8, 4) is 5.75 Å². The van der Waals surface area contributed by atoms with Crippen molar-refractivity contribution in [1.29, 1.82) is 0 Å². The van der Waals surface area contributed by atoms with Crippen LogP contribution in [0.5, 0.6) is 5.75 Å². The Kier molecular flexibility index (Phi) is 6.72. The highest BCUT2D eigenvalue weighted by molar-refractivity contribution is 6.30. The molecule has 0 radical (unpaired) electrons. The molecule has 0 spiro atoms. The predicted octanol–water partition coefficient (Wildman–Crippen LogP) is 4.04. The quantitative estimate of drug-likeness (QED) is 0.746. The van der Waals surface area contributed by atoms with E-state index in [2.05, 4.69) is 12.0 Å².